The molecular formula is C20H17F2NO5. The van der Waals surface area contributed by atoms with Crippen molar-refractivity contribution >= 4 is 22.7 Å². The van der Waals surface area contributed by atoms with Crippen LogP contribution in [-0.4, -0.2) is 37.1 Å². The number of halogens is 2. The van der Waals surface area contributed by atoms with E-state index in [0.717, 1.165) is 10.9 Å². The Hall–Kier alpha value is -3.42. The molecule has 0 bridgehead atoms. The van der Waals surface area contributed by atoms with Gasteiger partial charge in [0.2, 0.25) is 5.78 Å². The first-order valence-corrected chi connectivity index (χ1v) is 8.31. The molecule has 0 unspecified atom stereocenters. The fraction of sp³-hybridized carbons (Fsp3) is 0.200. The van der Waals surface area contributed by atoms with Crippen molar-refractivity contribution in [3.63, 3.8) is 0 Å². The topological polar surface area (TPSA) is 77.6 Å². The van der Waals surface area contributed by atoms with E-state index in [2.05, 4.69) is 9.72 Å². The highest BCUT2D eigenvalue weighted by atomic mass is 19.3. The number of benzene rings is 2. The number of ketones is 1. The fourth-order valence-corrected chi connectivity index (χ4v) is 2.91. The molecule has 0 fully saturated rings. The lowest BCUT2D eigenvalue weighted by Crippen LogP contribution is -2.15. The van der Waals surface area contributed by atoms with E-state index in [4.69, 9.17) is 9.47 Å². The number of carbonyl (C=O) groups is 2. The minimum atomic E-state index is -3.02. The molecule has 0 saturated heterocycles. The van der Waals surface area contributed by atoms with Gasteiger partial charge in [-0.3, -0.25) is 4.79 Å². The summed E-state index contributed by atoms with van der Waals surface area (Å²) in [5.41, 5.74) is 2.00. The molecule has 3 aromatic rings. The molecule has 28 heavy (non-hydrogen) atoms. The summed E-state index contributed by atoms with van der Waals surface area (Å²) in [5, 5.41) is 0.746. The van der Waals surface area contributed by atoms with Gasteiger partial charge >= 0.3 is 12.6 Å². The van der Waals surface area contributed by atoms with Gasteiger partial charge in [-0.15, -0.1) is 0 Å². The number of aromatic nitrogens is 1. The minimum Gasteiger partial charge on any atom is -0.493 e. The van der Waals surface area contributed by atoms with Crippen LogP contribution in [-0.2, 0) is 4.74 Å². The summed E-state index contributed by atoms with van der Waals surface area (Å²) in [6.07, 6.45) is 0. The van der Waals surface area contributed by atoms with E-state index in [0.29, 0.717) is 11.3 Å². The second kappa shape index (κ2) is 8.08. The van der Waals surface area contributed by atoms with Gasteiger partial charge in [-0.25, -0.2) is 4.79 Å². The summed E-state index contributed by atoms with van der Waals surface area (Å²) < 4.78 is 39.1. The van der Waals surface area contributed by atoms with Crippen molar-refractivity contribution < 1.29 is 32.6 Å². The Balaban J connectivity index is 1.73. The third kappa shape index (κ3) is 3.95. The van der Waals surface area contributed by atoms with Gasteiger partial charge < -0.3 is 19.2 Å². The molecule has 8 heteroatoms. The van der Waals surface area contributed by atoms with Gasteiger partial charge in [-0.1, -0.05) is 18.2 Å². The Morgan fingerprint density at radius 2 is 1.86 bits per heavy atom. The molecule has 0 spiro atoms. The maximum Gasteiger partial charge on any atom is 0.387 e. The predicted octanol–water partition coefficient (Wildman–Crippen LogP) is 4.13. The largest absolute Gasteiger partial charge is 0.493 e. The monoisotopic (exact) mass is 389 g/mol. The number of hydrogen-bond acceptors (Lipinski definition) is 5. The van der Waals surface area contributed by atoms with Gasteiger partial charge in [0.1, 0.15) is 0 Å². The van der Waals surface area contributed by atoms with Crippen LogP contribution in [0.5, 0.6) is 11.5 Å². The Bertz CT molecular complexity index is 1030. The van der Waals surface area contributed by atoms with E-state index >= 15 is 0 Å². The average molecular weight is 389 g/mol. The van der Waals surface area contributed by atoms with E-state index in [9.17, 15) is 18.4 Å². The highest BCUT2D eigenvalue weighted by Crippen LogP contribution is 2.30. The Morgan fingerprint density at radius 1 is 1.11 bits per heavy atom. The number of alkyl halides is 2. The van der Waals surface area contributed by atoms with Crippen LogP contribution in [0.15, 0.2) is 42.5 Å². The van der Waals surface area contributed by atoms with Crippen LogP contribution in [0.3, 0.4) is 0 Å². The third-order valence-corrected chi connectivity index (χ3v) is 4.12. The third-order valence-electron chi connectivity index (χ3n) is 4.12. The zero-order chi connectivity index (χ0) is 20.3. The van der Waals surface area contributed by atoms with Gasteiger partial charge in [-0.05, 0) is 31.2 Å². The summed E-state index contributed by atoms with van der Waals surface area (Å²) in [4.78, 5) is 27.9. The van der Waals surface area contributed by atoms with Crippen molar-refractivity contribution in [2.45, 2.75) is 13.5 Å². The molecular weight excluding hydrogens is 372 g/mol. The minimum absolute atomic E-state index is 0.0434. The number of fused-ring (bicyclic) bond motifs is 1. The molecule has 0 atom stereocenters. The summed E-state index contributed by atoms with van der Waals surface area (Å²) in [6, 6.07) is 11.0. The number of H-pyrrole nitrogens is 1. The lowest BCUT2D eigenvalue weighted by Gasteiger charge is -2.11. The highest BCUT2D eigenvalue weighted by molar-refractivity contribution is 6.10. The van der Waals surface area contributed by atoms with E-state index in [1.807, 2.05) is 18.2 Å². The van der Waals surface area contributed by atoms with Crippen molar-refractivity contribution in [1.82, 2.24) is 4.98 Å². The van der Waals surface area contributed by atoms with Crippen molar-refractivity contribution in [2.24, 2.45) is 0 Å². The molecule has 0 aliphatic heterocycles. The lowest BCUT2D eigenvalue weighted by molar-refractivity contribution is -0.0512. The number of nitrogens with one attached hydrogen (secondary N) is 1. The van der Waals surface area contributed by atoms with Crippen molar-refractivity contribution in [3.8, 4) is 11.5 Å². The molecule has 1 aromatic heterocycles. The number of hydrogen-bond donors (Lipinski definition) is 1. The maximum atomic E-state index is 12.5. The Morgan fingerprint density at radius 3 is 2.57 bits per heavy atom. The van der Waals surface area contributed by atoms with Gasteiger partial charge in [0.25, 0.3) is 0 Å². The number of aromatic amines is 1. The number of Topliss-reactive ketones (excluding diaryl/α,β-unsaturated/α-hetero) is 1. The molecule has 146 valence electrons. The van der Waals surface area contributed by atoms with Gasteiger partial charge in [-0.2, -0.15) is 8.78 Å². The normalized spacial score (nSPS) is 10.9. The van der Waals surface area contributed by atoms with Crippen LogP contribution >= 0.6 is 0 Å². The number of esters is 1. The number of rotatable bonds is 7. The van der Waals surface area contributed by atoms with Crippen LogP contribution in [0.1, 0.15) is 26.4 Å². The van der Waals surface area contributed by atoms with E-state index < -0.39 is 19.2 Å². The standard InChI is InChI=1S/C20H17F2NO5/c1-11-18(13-5-3-4-6-14(13)23-11)15(24)10-27-19(25)12-7-8-16(28-20(21)22)17(9-12)26-2/h3-9,20,23H,10H2,1-2H3. The number of aryl methyl sites for hydroxylation is 1. The molecule has 0 saturated carbocycles. The molecule has 0 radical (unpaired) electrons. The first-order valence-electron chi connectivity index (χ1n) is 8.31. The zero-order valence-electron chi connectivity index (χ0n) is 15.1. The molecule has 0 aliphatic rings. The predicted molar refractivity (Wildman–Crippen MR) is 97.3 cm³/mol. The van der Waals surface area contributed by atoms with E-state index in [-0.39, 0.29) is 22.8 Å². The van der Waals surface area contributed by atoms with Crippen LogP contribution < -0.4 is 9.47 Å². The molecule has 6 nitrogen and oxygen atoms in total. The number of para-hydroxylation sites is 1. The molecule has 1 heterocycles. The van der Waals surface area contributed by atoms with E-state index in [1.165, 1.54) is 25.3 Å². The molecule has 1 N–H and O–H groups in total. The van der Waals surface area contributed by atoms with Gasteiger partial charge in [0, 0.05) is 22.2 Å². The van der Waals surface area contributed by atoms with E-state index in [1.54, 1.807) is 13.0 Å². The quantitative estimate of drug-likeness (QED) is 0.486. The number of ether oxygens (including phenoxy) is 3. The first-order chi connectivity index (χ1) is 13.4. The lowest BCUT2D eigenvalue weighted by atomic mass is 10.1. The SMILES string of the molecule is COc1cc(C(=O)OCC(=O)c2c(C)[nH]c3ccccc23)ccc1OC(F)F. The van der Waals surface area contributed by atoms with Crippen molar-refractivity contribution in [2.75, 3.05) is 13.7 Å². The van der Waals surface area contributed by atoms with Crippen LogP contribution in [0.4, 0.5) is 8.78 Å². The van der Waals surface area contributed by atoms with Crippen molar-refractivity contribution in [1.29, 1.82) is 0 Å². The first kappa shape index (κ1) is 19.3. The second-order valence-electron chi connectivity index (χ2n) is 5.91. The summed E-state index contributed by atoms with van der Waals surface area (Å²) in [7, 11) is 1.26. The molecule has 2 aromatic carbocycles. The maximum absolute atomic E-state index is 12.5. The van der Waals surface area contributed by atoms with Crippen molar-refractivity contribution in [3.05, 3.63) is 59.3 Å². The number of methoxy groups -OCH3 is 1. The second-order valence-corrected chi connectivity index (χ2v) is 5.91. The van der Waals surface area contributed by atoms with Gasteiger partial charge in [0.05, 0.1) is 12.7 Å². The number of carbonyl (C=O) groups excluding carboxylic acids is 2. The van der Waals surface area contributed by atoms with Crippen LogP contribution in [0.2, 0.25) is 0 Å². The smallest absolute Gasteiger partial charge is 0.387 e. The zero-order valence-corrected chi connectivity index (χ0v) is 15.1. The fourth-order valence-electron chi connectivity index (χ4n) is 2.91. The Kier molecular flexibility index (Phi) is 5.58. The van der Waals surface area contributed by atoms with Gasteiger partial charge in [0.15, 0.2) is 18.1 Å². The average Bonchev–Trinajstić information content (AvgIpc) is 3.01. The summed E-state index contributed by atoms with van der Waals surface area (Å²) in [6.45, 7) is -1.72. The summed E-state index contributed by atoms with van der Waals surface area (Å²) in [5.74, 6) is -1.39. The van der Waals surface area contributed by atoms with Crippen LogP contribution in [0.25, 0.3) is 10.9 Å². The molecule has 0 amide bonds. The van der Waals surface area contributed by atoms with Crippen LogP contribution in [0, 0.1) is 6.92 Å². The summed E-state index contributed by atoms with van der Waals surface area (Å²) >= 11 is 0. The molecule has 3 rings (SSSR count). The molecule has 0 aliphatic carbocycles. The Labute approximate surface area is 159 Å². The highest BCUT2D eigenvalue weighted by Gasteiger charge is 2.19.